The van der Waals surface area contributed by atoms with Gasteiger partial charge in [-0.1, -0.05) is 19.3 Å². The van der Waals surface area contributed by atoms with E-state index in [0.29, 0.717) is 17.4 Å². The van der Waals surface area contributed by atoms with Crippen molar-refractivity contribution in [2.45, 2.75) is 38.5 Å². The molecule has 1 saturated carbocycles. The zero-order valence-corrected chi connectivity index (χ0v) is 9.22. The molecule has 1 atom stereocenters. The Hall–Kier alpha value is -0.380. The summed E-state index contributed by atoms with van der Waals surface area (Å²) in [5.41, 5.74) is 0. The fraction of sp³-hybridized carbons (Fsp3) is 0.900. The number of carbonyl (C=O) groups is 1. The monoisotopic (exact) mass is 218 g/mol. The third-order valence-electron chi connectivity index (χ3n) is 2.69. The molecule has 1 unspecified atom stereocenters. The van der Waals surface area contributed by atoms with E-state index in [0.717, 1.165) is 0 Å². The predicted octanol–water partition coefficient (Wildman–Crippen LogP) is 1.79. The Bertz CT molecular complexity index is 209. The number of rotatable bonds is 5. The topological polar surface area (TPSA) is 54.4 Å². The summed E-state index contributed by atoms with van der Waals surface area (Å²) in [5.74, 6) is 0.777. The fourth-order valence-electron chi connectivity index (χ4n) is 1.90. The van der Waals surface area contributed by atoms with E-state index in [1.165, 1.54) is 32.1 Å². The van der Waals surface area contributed by atoms with Crippen LogP contribution in [0.5, 0.6) is 0 Å². The molecule has 0 aliphatic heterocycles. The van der Waals surface area contributed by atoms with Crippen molar-refractivity contribution in [3.05, 3.63) is 0 Å². The Morgan fingerprint density at radius 1 is 1.29 bits per heavy atom. The normalized spacial score (nSPS) is 20.6. The fourth-order valence-corrected chi connectivity index (χ4v) is 3.33. The van der Waals surface area contributed by atoms with Crippen molar-refractivity contribution >= 4 is 16.8 Å². The molecule has 0 heterocycles. The van der Waals surface area contributed by atoms with Gasteiger partial charge in [-0.25, -0.2) is 0 Å². The van der Waals surface area contributed by atoms with Gasteiger partial charge in [0, 0.05) is 22.3 Å². The van der Waals surface area contributed by atoms with Crippen LogP contribution in [-0.2, 0) is 15.6 Å². The van der Waals surface area contributed by atoms with Crippen molar-refractivity contribution in [1.29, 1.82) is 0 Å². The summed E-state index contributed by atoms with van der Waals surface area (Å²) >= 11 is 0. The van der Waals surface area contributed by atoms with Crippen LogP contribution >= 0.6 is 0 Å². The summed E-state index contributed by atoms with van der Waals surface area (Å²) in [6.45, 7) is 0. The van der Waals surface area contributed by atoms with Gasteiger partial charge >= 0.3 is 5.97 Å². The van der Waals surface area contributed by atoms with Crippen molar-refractivity contribution in [2.75, 3.05) is 11.5 Å². The molecule has 4 heteroatoms. The highest BCUT2D eigenvalue weighted by atomic mass is 32.2. The molecular formula is C10H18O3S. The van der Waals surface area contributed by atoms with E-state index in [-0.39, 0.29) is 6.42 Å². The zero-order chi connectivity index (χ0) is 10.4. The van der Waals surface area contributed by atoms with Gasteiger partial charge < -0.3 is 5.11 Å². The molecule has 0 aromatic carbocycles. The number of hydrogen-bond acceptors (Lipinski definition) is 2. The average molecular weight is 218 g/mol. The van der Waals surface area contributed by atoms with Gasteiger partial charge in [-0.15, -0.1) is 0 Å². The zero-order valence-electron chi connectivity index (χ0n) is 8.41. The SMILES string of the molecule is O=C(O)CCS(=O)CC1CCCCC1. The first kappa shape index (κ1) is 11.7. The number of aliphatic carboxylic acids is 1. The van der Waals surface area contributed by atoms with Gasteiger partial charge in [-0.3, -0.25) is 9.00 Å². The minimum atomic E-state index is -0.919. The van der Waals surface area contributed by atoms with E-state index in [1.807, 2.05) is 0 Å². The molecule has 0 aromatic heterocycles. The number of carboxylic acid groups (broad SMARTS) is 1. The third kappa shape index (κ3) is 4.74. The summed E-state index contributed by atoms with van der Waals surface area (Å²) < 4.78 is 11.5. The number of hydrogen-bond donors (Lipinski definition) is 1. The van der Waals surface area contributed by atoms with Gasteiger partial charge in [0.15, 0.2) is 0 Å². The van der Waals surface area contributed by atoms with Crippen LogP contribution in [0.1, 0.15) is 38.5 Å². The quantitative estimate of drug-likeness (QED) is 0.765. The first-order chi connectivity index (χ1) is 6.68. The first-order valence-electron chi connectivity index (χ1n) is 5.25. The van der Waals surface area contributed by atoms with Gasteiger partial charge in [-0.05, 0) is 18.8 Å². The third-order valence-corrected chi connectivity index (χ3v) is 4.19. The molecule has 0 radical (unpaired) electrons. The molecule has 1 fully saturated rings. The summed E-state index contributed by atoms with van der Waals surface area (Å²) in [6, 6.07) is 0. The smallest absolute Gasteiger partial charge is 0.304 e. The van der Waals surface area contributed by atoms with Gasteiger partial charge in [0.2, 0.25) is 0 Å². The van der Waals surface area contributed by atoms with Crippen LogP contribution < -0.4 is 0 Å². The van der Waals surface area contributed by atoms with Gasteiger partial charge in [0.05, 0.1) is 6.42 Å². The highest BCUT2D eigenvalue weighted by molar-refractivity contribution is 7.85. The van der Waals surface area contributed by atoms with Crippen molar-refractivity contribution in [3.8, 4) is 0 Å². The van der Waals surface area contributed by atoms with Crippen LogP contribution in [0.3, 0.4) is 0 Å². The Kier molecular flexibility index (Phi) is 5.15. The predicted molar refractivity (Wildman–Crippen MR) is 56.7 cm³/mol. The lowest BCUT2D eigenvalue weighted by Gasteiger charge is -2.20. The maximum absolute atomic E-state index is 11.5. The molecule has 14 heavy (non-hydrogen) atoms. The first-order valence-corrected chi connectivity index (χ1v) is 6.74. The lowest BCUT2D eigenvalue weighted by molar-refractivity contribution is -0.136. The standard InChI is InChI=1S/C10H18O3S/c11-10(12)6-7-14(13)8-9-4-2-1-3-5-9/h9H,1-8H2,(H,11,12). The molecular weight excluding hydrogens is 200 g/mol. The molecule has 0 bridgehead atoms. The van der Waals surface area contributed by atoms with E-state index in [9.17, 15) is 9.00 Å². The Balaban J connectivity index is 2.15. The second kappa shape index (κ2) is 6.17. The second-order valence-electron chi connectivity index (χ2n) is 3.96. The van der Waals surface area contributed by atoms with Crippen LogP contribution in [0.4, 0.5) is 0 Å². The lowest BCUT2D eigenvalue weighted by atomic mass is 9.91. The minimum absolute atomic E-state index is 0.0410. The minimum Gasteiger partial charge on any atom is -0.481 e. The summed E-state index contributed by atoms with van der Waals surface area (Å²) in [6.07, 6.45) is 6.21. The highest BCUT2D eigenvalue weighted by Crippen LogP contribution is 2.24. The molecule has 0 amide bonds. The molecule has 1 N–H and O–H groups in total. The molecule has 1 aliphatic carbocycles. The average Bonchev–Trinajstić information content (AvgIpc) is 2.16. The molecule has 1 rings (SSSR count). The highest BCUT2D eigenvalue weighted by Gasteiger charge is 2.16. The Morgan fingerprint density at radius 3 is 2.50 bits per heavy atom. The van der Waals surface area contributed by atoms with E-state index < -0.39 is 16.8 Å². The maximum Gasteiger partial charge on any atom is 0.304 e. The molecule has 1 aliphatic rings. The van der Waals surface area contributed by atoms with Crippen LogP contribution in [0.25, 0.3) is 0 Å². The van der Waals surface area contributed by atoms with Crippen molar-refractivity contribution in [1.82, 2.24) is 0 Å². The van der Waals surface area contributed by atoms with E-state index in [2.05, 4.69) is 0 Å². The van der Waals surface area contributed by atoms with Crippen LogP contribution in [0.2, 0.25) is 0 Å². The molecule has 82 valence electrons. The Morgan fingerprint density at radius 2 is 1.93 bits per heavy atom. The number of carboxylic acids is 1. The van der Waals surface area contributed by atoms with Crippen LogP contribution in [0.15, 0.2) is 0 Å². The van der Waals surface area contributed by atoms with Crippen LogP contribution in [-0.4, -0.2) is 26.8 Å². The van der Waals surface area contributed by atoms with E-state index in [4.69, 9.17) is 5.11 Å². The maximum atomic E-state index is 11.5. The van der Waals surface area contributed by atoms with Crippen molar-refractivity contribution < 1.29 is 14.1 Å². The lowest BCUT2D eigenvalue weighted by Crippen LogP contribution is -2.17. The Labute approximate surface area is 87.3 Å². The summed E-state index contributed by atoms with van der Waals surface area (Å²) in [4.78, 5) is 10.3. The van der Waals surface area contributed by atoms with Gasteiger partial charge in [0.25, 0.3) is 0 Å². The second-order valence-corrected chi connectivity index (χ2v) is 5.58. The van der Waals surface area contributed by atoms with E-state index >= 15 is 0 Å². The summed E-state index contributed by atoms with van der Waals surface area (Å²) in [5, 5.41) is 8.43. The molecule has 0 spiro atoms. The molecule has 0 saturated heterocycles. The summed E-state index contributed by atoms with van der Waals surface area (Å²) in [7, 11) is -0.919. The van der Waals surface area contributed by atoms with Gasteiger partial charge in [-0.2, -0.15) is 0 Å². The molecule has 0 aromatic rings. The van der Waals surface area contributed by atoms with Crippen molar-refractivity contribution in [3.63, 3.8) is 0 Å². The van der Waals surface area contributed by atoms with Gasteiger partial charge in [0.1, 0.15) is 0 Å². The van der Waals surface area contributed by atoms with Crippen LogP contribution in [0, 0.1) is 5.92 Å². The van der Waals surface area contributed by atoms with E-state index in [1.54, 1.807) is 0 Å². The molecule has 3 nitrogen and oxygen atoms in total. The van der Waals surface area contributed by atoms with Crippen molar-refractivity contribution in [2.24, 2.45) is 5.92 Å². The largest absolute Gasteiger partial charge is 0.481 e.